The van der Waals surface area contributed by atoms with Crippen LogP contribution in [0, 0.1) is 0 Å². The molecule has 1 amide bonds. The summed E-state index contributed by atoms with van der Waals surface area (Å²) in [6, 6.07) is -0.611. The summed E-state index contributed by atoms with van der Waals surface area (Å²) in [6.07, 6.45) is 31.6. The zero-order valence-electron chi connectivity index (χ0n) is 23.6. The van der Waals surface area contributed by atoms with Crippen molar-refractivity contribution in [1.29, 1.82) is 0 Å². The second-order valence-electron chi connectivity index (χ2n) is 10.5. The van der Waals surface area contributed by atoms with Crippen LogP contribution in [-0.2, 0) is 4.79 Å². The molecule has 0 aliphatic heterocycles. The molecular weight excluding hydrogens is 434 g/mol. The summed E-state index contributed by atoms with van der Waals surface area (Å²) in [6.45, 7) is 4.23. The molecule has 2 unspecified atom stereocenters. The average Bonchev–Trinajstić information content (AvgIpc) is 2.86. The normalized spacial score (nSPS) is 13.4. The molecule has 4 nitrogen and oxygen atoms in total. The van der Waals surface area contributed by atoms with Crippen molar-refractivity contribution in [2.24, 2.45) is 0 Å². The fourth-order valence-electron chi connectivity index (χ4n) is 4.59. The number of hydrogen-bond acceptors (Lipinski definition) is 3. The summed E-state index contributed by atoms with van der Waals surface area (Å²) in [5.74, 6) is -0.0746. The Morgan fingerprint density at radius 1 is 0.657 bits per heavy atom. The minimum atomic E-state index is -0.829. The van der Waals surface area contributed by atoms with Gasteiger partial charge in [0.15, 0.2) is 0 Å². The van der Waals surface area contributed by atoms with E-state index in [4.69, 9.17) is 0 Å². The molecule has 0 aromatic rings. The van der Waals surface area contributed by atoms with Crippen molar-refractivity contribution < 1.29 is 15.0 Å². The Morgan fingerprint density at radius 3 is 1.49 bits per heavy atom. The molecule has 3 N–H and O–H groups in total. The zero-order valence-corrected chi connectivity index (χ0v) is 23.6. The summed E-state index contributed by atoms with van der Waals surface area (Å²) < 4.78 is 0. The molecule has 0 radical (unpaired) electrons. The fraction of sp³-hybridized carbons (Fsp3) is 0.903. The summed E-state index contributed by atoms with van der Waals surface area (Å²) in [5.41, 5.74) is 0. The minimum absolute atomic E-state index is 0.0746. The van der Waals surface area contributed by atoms with Crippen molar-refractivity contribution in [3.63, 3.8) is 0 Å². The number of allylic oxidation sites excluding steroid dienone is 1. The third kappa shape index (κ3) is 24.6. The lowest BCUT2D eigenvalue weighted by molar-refractivity contribution is -0.123. The van der Waals surface area contributed by atoms with Gasteiger partial charge in [0.05, 0.1) is 18.8 Å². The van der Waals surface area contributed by atoms with E-state index in [9.17, 15) is 15.0 Å². The molecule has 0 aliphatic carbocycles. The van der Waals surface area contributed by atoms with E-state index in [1.807, 2.05) is 6.08 Å². The number of aliphatic hydroxyl groups is 2. The molecule has 0 spiro atoms. The highest BCUT2D eigenvalue weighted by Crippen LogP contribution is 2.14. The van der Waals surface area contributed by atoms with E-state index in [-0.39, 0.29) is 12.5 Å². The largest absolute Gasteiger partial charge is 0.394 e. The highest BCUT2D eigenvalue weighted by atomic mass is 16.3. The molecular formula is C31H61NO3. The molecule has 0 saturated carbocycles. The monoisotopic (exact) mass is 495 g/mol. The molecule has 4 heteroatoms. The molecule has 35 heavy (non-hydrogen) atoms. The highest BCUT2D eigenvalue weighted by Gasteiger charge is 2.17. The molecule has 208 valence electrons. The van der Waals surface area contributed by atoms with Gasteiger partial charge < -0.3 is 15.5 Å². The van der Waals surface area contributed by atoms with Gasteiger partial charge in [-0.15, -0.1) is 0 Å². The Hall–Kier alpha value is -0.870. The molecule has 0 heterocycles. The van der Waals surface area contributed by atoms with E-state index >= 15 is 0 Å². The Labute approximate surface area is 218 Å². The van der Waals surface area contributed by atoms with Crippen molar-refractivity contribution in [2.75, 3.05) is 6.61 Å². The molecule has 0 fully saturated rings. The van der Waals surface area contributed by atoms with Gasteiger partial charge in [-0.3, -0.25) is 4.79 Å². The van der Waals surface area contributed by atoms with Crippen molar-refractivity contribution in [1.82, 2.24) is 5.32 Å². The number of nitrogens with one attached hydrogen (secondary N) is 1. The van der Waals surface area contributed by atoms with E-state index < -0.39 is 12.1 Å². The van der Waals surface area contributed by atoms with Crippen LogP contribution in [0.15, 0.2) is 12.2 Å². The topological polar surface area (TPSA) is 69.6 Å². The second-order valence-corrected chi connectivity index (χ2v) is 10.5. The van der Waals surface area contributed by atoms with Gasteiger partial charge in [-0.2, -0.15) is 0 Å². The van der Waals surface area contributed by atoms with Gasteiger partial charge in [-0.05, 0) is 19.3 Å². The first-order chi connectivity index (χ1) is 17.2. The van der Waals surface area contributed by atoms with Crippen molar-refractivity contribution in [2.45, 2.75) is 174 Å². The predicted octanol–water partition coefficient (Wildman–Crippen LogP) is 8.39. The van der Waals surface area contributed by atoms with Crippen LogP contribution in [0.2, 0.25) is 0 Å². The Morgan fingerprint density at radius 2 is 1.06 bits per heavy atom. The number of carbonyl (C=O) groups excluding carboxylic acids is 1. The summed E-state index contributed by atoms with van der Waals surface area (Å²) >= 11 is 0. The number of rotatable bonds is 27. The lowest BCUT2D eigenvalue weighted by atomic mass is 10.0. The Bertz CT molecular complexity index is 466. The van der Waals surface area contributed by atoms with Crippen LogP contribution < -0.4 is 5.32 Å². The maximum absolute atomic E-state index is 12.1. The summed E-state index contributed by atoms with van der Waals surface area (Å²) in [7, 11) is 0. The quantitative estimate of drug-likeness (QED) is 0.0791. The molecule has 2 atom stereocenters. The average molecular weight is 496 g/mol. The van der Waals surface area contributed by atoms with Gasteiger partial charge in [0.1, 0.15) is 0 Å². The van der Waals surface area contributed by atoms with Crippen LogP contribution in [0.5, 0.6) is 0 Å². The SMILES string of the molecule is CCCCCCCCCCCCCCCCC/C=C/C(O)C(CO)NC(=O)CCCCCCCC. The van der Waals surface area contributed by atoms with Gasteiger partial charge in [0.25, 0.3) is 0 Å². The predicted molar refractivity (Wildman–Crippen MR) is 152 cm³/mol. The van der Waals surface area contributed by atoms with E-state index in [1.165, 1.54) is 116 Å². The first-order valence-corrected chi connectivity index (χ1v) is 15.4. The van der Waals surface area contributed by atoms with Crippen LogP contribution in [0.25, 0.3) is 0 Å². The Balaban J connectivity index is 3.59. The van der Waals surface area contributed by atoms with Gasteiger partial charge >= 0.3 is 0 Å². The number of hydrogen-bond donors (Lipinski definition) is 3. The van der Waals surface area contributed by atoms with Gasteiger partial charge in [-0.25, -0.2) is 0 Å². The van der Waals surface area contributed by atoms with Crippen molar-refractivity contribution >= 4 is 5.91 Å². The minimum Gasteiger partial charge on any atom is -0.394 e. The maximum atomic E-state index is 12.1. The van der Waals surface area contributed by atoms with E-state index in [1.54, 1.807) is 6.08 Å². The van der Waals surface area contributed by atoms with E-state index in [0.717, 1.165) is 25.7 Å². The molecule has 0 rings (SSSR count). The highest BCUT2D eigenvalue weighted by molar-refractivity contribution is 5.76. The molecule has 0 saturated heterocycles. The third-order valence-corrected chi connectivity index (χ3v) is 7.02. The van der Waals surface area contributed by atoms with Crippen molar-refractivity contribution in [3.05, 3.63) is 12.2 Å². The number of amides is 1. The number of unbranched alkanes of at least 4 members (excludes halogenated alkanes) is 20. The molecule has 0 aliphatic rings. The summed E-state index contributed by atoms with van der Waals surface area (Å²) in [5, 5.41) is 22.6. The van der Waals surface area contributed by atoms with Gasteiger partial charge in [0.2, 0.25) is 5.91 Å². The second kappa shape index (κ2) is 27.7. The lowest BCUT2D eigenvalue weighted by Crippen LogP contribution is -2.45. The first kappa shape index (κ1) is 34.1. The van der Waals surface area contributed by atoms with Gasteiger partial charge in [-0.1, -0.05) is 148 Å². The molecule has 0 bridgehead atoms. The Kier molecular flexibility index (Phi) is 27.0. The first-order valence-electron chi connectivity index (χ1n) is 15.4. The van der Waals surface area contributed by atoms with Crippen LogP contribution >= 0.6 is 0 Å². The molecule has 0 aromatic carbocycles. The van der Waals surface area contributed by atoms with Crippen molar-refractivity contribution in [3.8, 4) is 0 Å². The van der Waals surface area contributed by atoms with Crippen LogP contribution in [0.4, 0.5) is 0 Å². The molecule has 0 aromatic heterocycles. The number of carbonyl (C=O) groups is 1. The fourth-order valence-corrected chi connectivity index (χ4v) is 4.59. The lowest BCUT2D eigenvalue weighted by Gasteiger charge is -2.20. The summed E-state index contributed by atoms with van der Waals surface area (Å²) in [4.78, 5) is 12.1. The van der Waals surface area contributed by atoms with Gasteiger partial charge in [0, 0.05) is 6.42 Å². The van der Waals surface area contributed by atoms with Crippen LogP contribution in [-0.4, -0.2) is 34.9 Å². The van der Waals surface area contributed by atoms with Crippen LogP contribution in [0.1, 0.15) is 162 Å². The maximum Gasteiger partial charge on any atom is 0.220 e. The standard InChI is InChI=1S/C31H61NO3/c1-3-5-7-9-11-12-13-14-15-16-17-18-19-20-21-22-24-26-30(34)29(28-33)32-31(35)27-25-23-10-8-6-4-2/h24,26,29-30,33-34H,3-23,25,27-28H2,1-2H3,(H,32,35)/b26-24+. The zero-order chi connectivity index (χ0) is 25.8. The van der Waals surface area contributed by atoms with E-state index in [0.29, 0.717) is 6.42 Å². The smallest absolute Gasteiger partial charge is 0.220 e. The number of aliphatic hydroxyl groups excluding tert-OH is 2. The van der Waals surface area contributed by atoms with Crippen LogP contribution in [0.3, 0.4) is 0 Å². The van der Waals surface area contributed by atoms with E-state index in [2.05, 4.69) is 19.2 Å². The third-order valence-electron chi connectivity index (χ3n) is 7.02.